The minimum Gasteiger partial charge on any atom is -0.319 e. The molecule has 10 heteroatoms. The van der Waals surface area contributed by atoms with Gasteiger partial charge in [0.05, 0.1) is 17.1 Å². The van der Waals surface area contributed by atoms with E-state index < -0.39 is 0 Å². The maximum atomic E-state index is 12.9. The average molecular weight is 469 g/mol. The highest BCUT2D eigenvalue weighted by Gasteiger charge is 2.19. The van der Waals surface area contributed by atoms with Crippen LogP contribution in [-0.2, 0) is 18.9 Å². The third-order valence-electron chi connectivity index (χ3n) is 5.07. The number of thioether (sulfide) groups is 1. The van der Waals surface area contributed by atoms with Crippen LogP contribution in [0.5, 0.6) is 0 Å². The zero-order valence-electron chi connectivity index (χ0n) is 17.7. The second kappa shape index (κ2) is 9.05. The van der Waals surface area contributed by atoms with E-state index in [-0.39, 0.29) is 22.9 Å². The summed E-state index contributed by atoms with van der Waals surface area (Å²) >= 11 is 7.31. The van der Waals surface area contributed by atoms with E-state index in [1.54, 1.807) is 29.3 Å². The van der Waals surface area contributed by atoms with Gasteiger partial charge in [-0.3, -0.25) is 14.3 Å². The third kappa shape index (κ3) is 4.21. The molecule has 0 aliphatic heterocycles. The molecule has 4 aromatic rings. The highest BCUT2D eigenvalue weighted by molar-refractivity contribution is 7.99. The van der Waals surface area contributed by atoms with Gasteiger partial charge in [0.15, 0.2) is 11.0 Å². The Morgan fingerprint density at radius 2 is 1.84 bits per heavy atom. The van der Waals surface area contributed by atoms with Crippen molar-refractivity contribution in [3.05, 3.63) is 75.7 Å². The fourth-order valence-corrected chi connectivity index (χ4v) is 4.24. The van der Waals surface area contributed by atoms with Crippen molar-refractivity contribution in [3.8, 4) is 17.1 Å². The minimum atomic E-state index is -0.298. The number of rotatable bonds is 6. The Hall–Kier alpha value is -3.30. The molecule has 4 rings (SSSR count). The van der Waals surface area contributed by atoms with Gasteiger partial charge in [0, 0.05) is 24.7 Å². The van der Waals surface area contributed by atoms with Gasteiger partial charge in [-0.05, 0) is 31.2 Å². The van der Waals surface area contributed by atoms with E-state index in [2.05, 4.69) is 15.5 Å². The quantitative estimate of drug-likeness (QED) is 0.436. The Balaban J connectivity index is 1.48. The summed E-state index contributed by atoms with van der Waals surface area (Å²) < 4.78 is 5.05. The highest BCUT2D eigenvalue weighted by Crippen LogP contribution is 2.25. The van der Waals surface area contributed by atoms with Gasteiger partial charge in [-0.25, -0.2) is 4.68 Å². The molecule has 0 atom stereocenters. The van der Waals surface area contributed by atoms with Crippen molar-refractivity contribution < 1.29 is 4.79 Å². The topological polar surface area (TPSA) is 86.7 Å². The second-order valence-corrected chi connectivity index (χ2v) is 8.53. The zero-order valence-corrected chi connectivity index (χ0v) is 19.3. The van der Waals surface area contributed by atoms with Gasteiger partial charge >= 0.3 is 0 Å². The average Bonchev–Trinajstić information content (AvgIpc) is 3.25. The number of benzene rings is 2. The molecule has 0 radical (unpaired) electrons. The standard InChI is InChI=1S/C22H21ClN6O2S/c1-14-19(21(31)29(28(14)3)17-10-5-4-6-11-17)24-18(30)13-32-22-26-25-20(27(22)2)15-8-7-9-16(23)12-15/h4-12H,13H2,1-3H3,(H,24,30). The smallest absolute Gasteiger partial charge is 0.295 e. The largest absolute Gasteiger partial charge is 0.319 e. The van der Waals surface area contributed by atoms with Crippen molar-refractivity contribution in [3.63, 3.8) is 0 Å². The molecule has 0 saturated heterocycles. The van der Waals surface area contributed by atoms with Crippen molar-refractivity contribution in [1.82, 2.24) is 24.1 Å². The van der Waals surface area contributed by atoms with Gasteiger partial charge in [-0.1, -0.05) is 53.7 Å². The van der Waals surface area contributed by atoms with E-state index in [0.29, 0.717) is 21.7 Å². The van der Waals surface area contributed by atoms with E-state index in [4.69, 9.17) is 11.6 Å². The van der Waals surface area contributed by atoms with Gasteiger partial charge in [-0.15, -0.1) is 10.2 Å². The van der Waals surface area contributed by atoms with Crippen LogP contribution in [0.1, 0.15) is 5.69 Å². The number of nitrogens with one attached hydrogen (secondary N) is 1. The first kappa shape index (κ1) is 21.9. The predicted molar refractivity (Wildman–Crippen MR) is 127 cm³/mol. The molecule has 2 heterocycles. The van der Waals surface area contributed by atoms with Crippen LogP contribution in [0.25, 0.3) is 17.1 Å². The molecule has 0 fully saturated rings. The van der Waals surface area contributed by atoms with Crippen molar-refractivity contribution in [1.29, 1.82) is 0 Å². The molecule has 0 aliphatic carbocycles. The van der Waals surface area contributed by atoms with Gasteiger partial charge in [0.25, 0.3) is 5.56 Å². The summed E-state index contributed by atoms with van der Waals surface area (Å²) in [5.41, 5.74) is 2.21. The van der Waals surface area contributed by atoms with Crippen molar-refractivity contribution >= 4 is 35.0 Å². The van der Waals surface area contributed by atoms with Crippen LogP contribution in [0.15, 0.2) is 64.5 Å². The lowest BCUT2D eigenvalue weighted by molar-refractivity contribution is -0.113. The fraction of sp³-hybridized carbons (Fsp3) is 0.182. The summed E-state index contributed by atoms with van der Waals surface area (Å²) in [6, 6.07) is 16.6. The van der Waals surface area contributed by atoms with E-state index in [1.807, 2.05) is 55.6 Å². The third-order valence-corrected chi connectivity index (χ3v) is 6.32. The first-order valence-corrected chi connectivity index (χ1v) is 11.1. The predicted octanol–water partition coefficient (Wildman–Crippen LogP) is 3.66. The monoisotopic (exact) mass is 468 g/mol. The van der Waals surface area contributed by atoms with Crippen LogP contribution < -0.4 is 10.9 Å². The fourth-order valence-electron chi connectivity index (χ4n) is 3.34. The van der Waals surface area contributed by atoms with E-state index >= 15 is 0 Å². The number of para-hydroxylation sites is 1. The Bertz CT molecular complexity index is 1340. The number of nitrogens with zero attached hydrogens (tertiary/aromatic N) is 5. The normalized spacial score (nSPS) is 11.0. The van der Waals surface area contributed by atoms with E-state index in [1.165, 1.54) is 16.4 Å². The summed E-state index contributed by atoms with van der Waals surface area (Å²) in [6.07, 6.45) is 0. The summed E-state index contributed by atoms with van der Waals surface area (Å²) in [7, 11) is 3.61. The number of amides is 1. The molecule has 2 aromatic carbocycles. The van der Waals surface area contributed by atoms with Gasteiger partial charge in [-0.2, -0.15) is 0 Å². The molecule has 0 aliphatic rings. The molecule has 1 N–H and O–H groups in total. The molecule has 0 saturated carbocycles. The van der Waals surface area contributed by atoms with Gasteiger partial charge in [0.2, 0.25) is 5.91 Å². The van der Waals surface area contributed by atoms with Gasteiger partial charge < -0.3 is 9.88 Å². The van der Waals surface area contributed by atoms with Gasteiger partial charge in [0.1, 0.15) is 5.69 Å². The number of anilines is 1. The maximum Gasteiger partial charge on any atom is 0.295 e. The van der Waals surface area contributed by atoms with Crippen molar-refractivity contribution in [2.45, 2.75) is 12.1 Å². The van der Waals surface area contributed by atoms with Crippen LogP contribution >= 0.6 is 23.4 Å². The van der Waals surface area contributed by atoms with Crippen LogP contribution in [0.4, 0.5) is 5.69 Å². The molecule has 2 aromatic heterocycles. The number of carbonyl (C=O) groups excluding carboxylic acids is 1. The Kier molecular flexibility index (Phi) is 6.20. The molecule has 0 spiro atoms. The summed E-state index contributed by atoms with van der Waals surface area (Å²) in [4.78, 5) is 25.6. The lowest BCUT2D eigenvalue weighted by atomic mass is 10.2. The second-order valence-electron chi connectivity index (χ2n) is 7.15. The SMILES string of the molecule is Cc1c(NC(=O)CSc2nnc(-c3cccc(Cl)c3)n2C)c(=O)n(-c2ccccc2)n1C. The molecular formula is C22H21ClN6O2S. The number of hydrogen-bond donors (Lipinski definition) is 1. The number of hydrogen-bond acceptors (Lipinski definition) is 5. The van der Waals surface area contributed by atoms with Crippen LogP contribution in [0.2, 0.25) is 5.02 Å². The maximum absolute atomic E-state index is 12.9. The molecule has 0 bridgehead atoms. The Morgan fingerprint density at radius 3 is 2.56 bits per heavy atom. The lowest BCUT2D eigenvalue weighted by Gasteiger charge is -2.07. The first-order chi connectivity index (χ1) is 15.4. The summed E-state index contributed by atoms with van der Waals surface area (Å²) in [5.74, 6) is 0.439. The zero-order chi connectivity index (χ0) is 22.8. The van der Waals surface area contributed by atoms with Crippen LogP contribution in [0.3, 0.4) is 0 Å². The minimum absolute atomic E-state index is 0.0840. The van der Waals surface area contributed by atoms with Crippen LogP contribution in [0, 0.1) is 6.92 Å². The molecule has 8 nitrogen and oxygen atoms in total. The van der Waals surface area contributed by atoms with Crippen molar-refractivity contribution in [2.75, 3.05) is 11.1 Å². The Morgan fingerprint density at radius 1 is 1.09 bits per heavy atom. The summed E-state index contributed by atoms with van der Waals surface area (Å²) in [5, 5.41) is 12.3. The van der Waals surface area contributed by atoms with Crippen molar-refractivity contribution in [2.24, 2.45) is 14.1 Å². The van der Waals surface area contributed by atoms with E-state index in [9.17, 15) is 9.59 Å². The first-order valence-electron chi connectivity index (χ1n) is 9.79. The molecule has 164 valence electrons. The molecule has 32 heavy (non-hydrogen) atoms. The summed E-state index contributed by atoms with van der Waals surface area (Å²) in [6.45, 7) is 1.80. The molecule has 1 amide bonds. The Labute approximate surface area is 193 Å². The highest BCUT2D eigenvalue weighted by atomic mass is 35.5. The van der Waals surface area contributed by atoms with Crippen LogP contribution in [-0.4, -0.2) is 35.8 Å². The molecular weight excluding hydrogens is 448 g/mol. The number of halogens is 1. The lowest BCUT2D eigenvalue weighted by Crippen LogP contribution is -2.23. The van der Waals surface area contributed by atoms with E-state index in [0.717, 1.165) is 11.3 Å². The molecule has 0 unspecified atom stereocenters. The number of aromatic nitrogens is 5. The number of carbonyl (C=O) groups is 1.